The fraction of sp³-hybridized carbons (Fsp3) is 0.182. The number of aryl methyl sites for hydroxylation is 2. The summed E-state index contributed by atoms with van der Waals surface area (Å²) in [6, 6.07) is 17.3. The second-order valence-electron chi connectivity index (χ2n) is 6.29. The Bertz CT molecular complexity index is 955. The van der Waals surface area contributed by atoms with Crippen LogP contribution in [0.4, 0.5) is 0 Å². The van der Waals surface area contributed by atoms with Crippen molar-refractivity contribution in [2.24, 2.45) is 0 Å². The molecule has 0 saturated heterocycles. The zero-order valence-electron chi connectivity index (χ0n) is 14.9. The number of hydrogen-bond donors (Lipinski definition) is 2. The van der Waals surface area contributed by atoms with E-state index in [0.29, 0.717) is 29.8 Å². The molecule has 3 rings (SSSR count). The van der Waals surface area contributed by atoms with Crippen LogP contribution in [0, 0.1) is 6.92 Å². The minimum Gasteiger partial charge on any atom is -0.478 e. The molecule has 4 nitrogen and oxygen atoms in total. The summed E-state index contributed by atoms with van der Waals surface area (Å²) in [5.41, 5.74) is 4.07. The van der Waals surface area contributed by atoms with Crippen molar-refractivity contribution in [2.75, 3.05) is 0 Å². The summed E-state index contributed by atoms with van der Waals surface area (Å²) in [7, 11) is 0. The number of hydrogen-bond acceptors (Lipinski definition) is 2. The third kappa shape index (κ3) is 3.31. The average molecular weight is 347 g/mol. The number of aromatic carboxylic acids is 1. The summed E-state index contributed by atoms with van der Waals surface area (Å²) in [5.74, 6) is -1.32. The third-order valence-corrected chi connectivity index (χ3v) is 4.56. The van der Waals surface area contributed by atoms with Crippen molar-refractivity contribution in [2.45, 2.75) is 26.7 Å². The molecule has 0 aliphatic rings. The molecule has 3 aromatic rings. The molecular formula is C22H21NO3. The highest BCUT2D eigenvalue weighted by Gasteiger charge is 2.27. The van der Waals surface area contributed by atoms with Crippen LogP contribution >= 0.6 is 0 Å². The number of carbonyl (C=O) groups is 2. The van der Waals surface area contributed by atoms with E-state index in [2.05, 4.69) is 4.98 Å². The molecule has 2 N–H and O–H groups in total. The normalized spacial score (nSPS) is 10.7. The highest BCUT2D eigenvalue weighted by molar-refractivity contribution is 6.16. The van der Waals surface area contributed by atoms with Crippen LogP contribution in [-0.2, 0) is 12.8 Å². The number of benzene rings is 2. The lowest BCUT2D eigenvalue weighted by atomic mass is 9.92. The van der Waals surface area contributed by atoms with Gasteiger partial charge in [0.05, 0.1) is 11.1 Å². The molecule has 26 heavy (non-hydrogen) atoms. The van der Waals surface area contributed by atoms with Crippen molar-refractivity contribution >= 4 is 11.8 Å². The minimum atomic E-state index is -1.08. The Labute approximate surface area is 152 Å². The molecule has 1 aromatic heterocycles. The Morgan fingerprint density at radius 1 is 0.962 bits per heavy atom. The van der Waals surface area contributed by atoms with Crippen LogP contribution in [0.2, 0.25) is 0 Å². The van der Waals surface area contributed by atoms with Gasteiger partial charge in [0.2, 0.25) is 0 Å². The molecule has 0 bridgehead atoms. The number of nitrogens with one attached hydrogen (secondary N) is 1. The smallest absolute Gasteiger partial charge is 0.338 e. The van der Waals surface area contributed by atoms with Gasteiger partial charge >= 0.3 is 5.97 Å². The van der Waals surface area contributed by atoms with E-state index in [9.17, 15) is 14.7 Å². The second-order valence-corrected chi connectivity index (χ2v) is 6.29. The highest BCUT2D eigenvalue weighted by Crippen LogP contribution is 2.25. The molecule has 0 radical (unpaired) electrons. The first-order chi connectivity index (χ1) is 12.5. The number of rotatable bonds is 6. The van der Waals surface area contributed by atoms with Crippen molar-refractivity contribution in [3.63, 3.8) is 0 Å². The van der Waals surface area contributed by atoms with E-state index in [4.69, 9.17) is 0 Å². The molecule has 0 spiro atoms. The SMILES string of the molecule is CCc1[nH]c(C)c(C(=O)O)c1C(=O)c1ccccc1Cc1ccccc1. The predicted octanol–water partition coefficient (Wildman–Crippen LogP) is 4.41. The molecule has 0 atom stereocenters. The Kier molecular flexibility index (Phi) is 5.03. The van der Waals surface area contributed by atoms with Gasteiger partial charge in [-0.05, 0) is 30.9 Å². The topological polar surface area (TPSA) is 70.2 Å². The van der Waals surface area contributed by atoms with Crippen LogP contribution in [0.3, 0.4) is 0 Å². The van der Waals surface area contributed by atoms with E-state index in [1.54, 1.807) is 13.0 Å². The van der Waals surface area contributed by atoms with Gasteiger partial charge in [-0.3, -0.25) is 4.79 Å². The van der Waals surface area contributed by atoms with E-state index in [-0.39, 0.29) is 16.9 Å². The van der Waals surface area contributed by atoms with Crippen LogP contribution in [0.1, 0.15) is 55.7 Å². The zero-order valence-corrected chi connectivity index (χ0v) is 14.9. The Hall–Kier alpha value is -3.14. The molecule has 0 unspecified atom stereocenters. The van der Waals surface area contributed by atoms with Crippen LogP contribution in [0.25, 0.3) is 0 Å². The van der Waals surface area contributed by atoms with Crippen LogP contribution in [0.15, 0.2) is 54.6 Å². The predicted molar refractivity (Wildman–Crippen MR) is 101 cm³/mol. The molecule has 2 aromatic carbocycles. The summed E-state index contributed by atoms with van der Waals surface area (Å²) < 4.78 is 0. The summed E-state index contributed by atoms with van der Waals surface area (Å²) in [6.45, 7) is 3.60. The fourth-order valence-electron chi connectivity index (χ4n) is 3.32. The summed E-state index contributed by atoms with van der Waals surface area (Å²) in [6.07, 6.45) is 1.19. The molecule has 0 amide bonds. The average Bonchev–Trinajstić information content (AvgIpc) is 2.99. The van der Waals surface area contributed by atoms with Gasteiger partial charge in [0.25, 0.3) is 0 Å². The van der Waals surface area contributed by atoms with Crippen molar-refractivity contribution in [3.8, 4) is 0 Å². The second kappa shape index (κ2) is 7.40. The van der Waals surface area contributed by atoms with Crippen molar-refractivity contribution in [1.29, 1.82) is 0 Å². The third-order valence-electron chi connectivity index (χ3n) is 4.56. The number of carboxylic acid groups (broad SMARTS) is 1. The molecular weight excluding hydrogens is 326 g/mol. The van der Waals surface area contributed by atoms with Crippen LogP contribution in [0.5, 0.6) is 0 Å². The number of H-pyrrole nitrogens is 1. The molecule has 4 heteroatoms. The molecule has 0 aliphatic heterocycles. The van der Waals surface area contributed by atoms with Gasteiger partial charge in [-0.25, -0.2) is 4.79 Å². The van der Waals surface area contributed by atoms with Gasteiger partial charge in [0.15, 0.2) is 5.78 Å². The molecule has 0 aliphatic carbocycles. The van der Waals surface area contributed by atoms with Crippen LogP contribution in [-0.4, -0.2) is 21.8 Å². The molecule has 1 heterocycles. The van der Waals surface area contributed by atoms with E-state index < -0.39 is 5.97 Å². The zero-order chi connectivity index (χ0) is 18.7. The monoisotopic (exact) mass is 347 g/mol. The van der Waals surface area contributed by atoms with E-state index in [0.717, 1.165) is 11.1 Å². The Morgan fingerprint density at radius 2 is 1.62 bits per heavy atom. The van der Waals surface area contributed by atoms with E-state index >= 15 is 0 Å². The minimum absolute atomic E-state index is 0.0707. The standard InChI is InChI=1S/C22H21NO3/c1-3-18-20(19(22(25)26)14(2)23-18)21(24)17-12-8-7-11-16(17)13-15-9-5-4-6-10-15/h4-12,23H,3,13H2,1-2H3,(H,25,26). The maximum Gasteiger partial charge on any atom is 0.338 e. The first-order valence-corrected chi connectivity index (χ1v) is 8.64. The number of carbonyl (C=O) groups excluding carboxylic acids is 1. The van der Waals surface area contributed by atoms with Crippen molar-refractivity contribution in [3.05, 3.63) is 93.8 Å². The number of aromatic amines is 1. The lowest BCUT2D eigenvalue weighted by molar-refractivity contribution is 0.0692. The molecule has 0 saturated carbocycles. The van der Waals surface area contributed by atoms with Gasteiger partial charge in [-0.1, -0.05) is 61.5 Å². The quantitative estimate of drug-likeness (QED) is 0.649. The summed E-state index contributed by atoms with van der Waals surface area (Å²) in [5, 5.41) is 9.58. The van der Waals surface area contributed by atoms with E-state index in [1.165, 1.54) is 0 Å². The Morgan fingerprint density at radius 3 is 2.27 bits per heavy atom. The number of carboxylic acids is 1. The first kappa shape index (κ1) is 17.7. The lowest BCUT2D eigenvalue weighted by Gasteiger charge is -2.10. The van der Waals surface area contributed by atoms with Crippen LogP contribution < -0.4 is 0 Å². The largest absolute Gasteiger partial charge is 0.478 e. The van der Waals surface area contributed by atoms with E-state index in [1.807, 2.05) is 55.5 Å². The maximum atomic E-state index is 13.3. The van der Waals surface area contributed by atoms with Gasteiger partial charge in [-0.2, -0.15) is 0 Å². The fourth-order valence-corrected chi connectivity index (χ4v) is 3.32. The number of ketones is 1. The lowest BCUT2D eigenvalue weighted by Crippen LogP contribution is -2.12. The Balaban J connectivity index is 2.09. The molecule has 0 fully saturated rings. The summed E-state index contributed by atoms with van der Waals surface area (Å²) in [4.78, 5) is 28.1. The molecule has 132 valence electrons. The first-order valence-electron chi connectivity index (χ1n) is 8.64. The summed E-state index contributed by atoms with van der Waals surface area (Å²) >= 11 is 0. The van der Waals surface area contributed by atoms with Gasteiger partial charge in [0, 0.05) is 17.0 Å². The van der Waals surface area contributed by atoms with Crippen molar-refractivity contribution < 1.29 is 14.7 Å². The van der Waals surface area contributed by atoms with Gasteiger partial charge in [0.1, 0.15) is 0 Å². The highest BCUT2D eigenvalue weighted by atomic mass is 16.4. The van der Waals surface area contributed by atoms with Crippen molar-refractivity contribution in [1.82, 2.24) is 4.98 Å². The van der Waals surface area contributed by atoms with Gasteiger partial charge < -0.3 is 10.1 Å². The van der Waals surface area contributed by atoms with Gasteiger partial charge in [-0.15, -0.1) is 0 Å². The maximum absolute atomic E-state index is 13.3. The number of aromatic nitrogens is 1.